The molecule has 0 spiro atoms. The van der Waals surface area contributed by atoms with E-state index in [4.69, 9.17) is 0 Å². The third-order valence-corrected chi connectivity index (χ3v) is 7.85. The largest absolute Gasteiger partial charge is 0.348 e. The fourth-order valence-corrected chi connectivity index (χ4v) is 5.52. The number of hydrogen-bond donors (Lipinski definition) is 1. The van der Waals surface area contributed by atoms with E-state index in [1.807, 2.05) is 0 Å². The number of aromatic nitrogens is 1. The van der Waals surface area contributed by atoms with Crippen molar-refractivity contribution in [2.45, 2.75) is 38.3 Å². The van der Waals surface area contributed by atoms with E-state index < -0.39 is 23.3 Å². The lowest BCUT2D eigenvalue weighted by Crippen LogP contribution is -2.44. The summed E-state index contributed by atoms with van der Waals surface area (Å²) in [6.45, 7) is 2.40. The molecule has 7 nitrogen and oxygen atoms in total. The Morgan fingerprint density at radius 1 is 0.786 bits per heavy atom. The zero-order valence-electron chi connectivity index (χ0n) is 22.8. The van der Waals surface area contributed by atoms with Gasteiger partial charge in [-0.25, -0.2) is 17.6 Å². The van der Waals surface area contributed by atoms with E-state index in [1.54, 1.807) is 11.0 Å². The number of pyridine rings is 1. The lowest BCUT2D eigenvalue weighted by Gasteiger charge is -2.32. The van der Waals surface area contributed by atoms with Crippen LogP contribution in [0.5, 0.6) is 0 Å². The Morgan fingerprint density at radius 3 is 2.07 bits per heavy atom. The molecule has 1 N–H and O–H groups in total. The fraction of sp³-hybridized carbons (Fsp3) is 0.355. The van der Waals surface area contributed by atoms with Crippen molar-refractivity contribution in [3.8, 4) is 0 Å². The molecule has 42 heavy (non-hydrogen) atoms. The Balaban J connectivity index is 1.08. The number of halogens is 4. The van der Waals surface area contributed by atoms with Gasteiger partial charge in [-0.2, -0.15) is 0 Å². The van der Waals surface area contributed by atoms with E-state index in [1.165, 1.54) is 30.5 Å². The van der Waals surface area contributed by atoms with Crippen LogP contribution >= 0.6 is 0 Å². The standard InChI is InChI=1S/C31H30F4N4O3/c32-23-13-19(14-24(33)16-23)18-38-9-7-25(8-10-38)37-30(41)28-4-2-22(17-36-28)31(42)39-11-5-20(6-12-39)29(40)21-1-3-26(34)27(35)15-21/h1-4,13-17,20,25H,5-12,18H2,(H,37,41). The Hall–Kier alpha value is -4.12. The van der Waals surface area contributed by atoms with Crippen LogP contribution in [-0.2, 0) is 6.54 Å². The number of carbonyl (C=O) groups excluding carboxylic acids is 3. The van der Waals surface area contributed by atoms with Gasteiger partial charge in [0.2, 0.25) is 0 Å². The SMILES string of the molecule is O=C(NC1CCN(Cc2cc(F)cc(F)c2)CC1)c1ccc(C(=O)N2CCC(C(=O)c3ccc(F)c(F)c3)CC2)cn1. The molecular weight excluding hydrogens is 552 g/mol. The average molecular weight is 583 g/mol. The van der Waals surface area contributed by atoms with Crippen molar-refractivity contribution in [2.75, 3.05) is 26.2 Å². The van der Waals surface area contributed by atoms with Gasteiger partial charge >= 0.3 is 0 Å². The van der Waals surface area contributed by atoms with Gasteiger partial charge in [-0.1, -0.05) is 0 Å². The molecule has 2 amide bonds. The molecule has 0 unspecified atom stereocenters. The van der Waals surface area contributed by atoms with Gasteiger partial charge in [0, 0.05) is 62.5 Å². The number of piperidine rings is 2. The van der Waals surface area contributed by atoms with Gasteiger partial charge in [-0.05, 0) is 73.7 Å². The van der Waals surface area contributed by atoms with Gasteiger partial charge in [-0.15, -0.1) is 0 Å². The predicted octanol–water partition coefficient (Wildman–Crippen LogP) is 4.77. The second kappa shape index (κ2) is 12.8. The van der Waals surface area contributed by atoms with Crippen molar-refractivity contribution in [1.29, 1.82) is 0 Å². The molecular formula is C31H30F4N4O3. The molecule has 2 aliphatic heterocycles. The number of nitrogens with one attached hydrogen (secondary N) is 1. The van der Waals surface area contributed by atoms with Crippen LogP contribution in [0.1, 0.15) is 62.5 Å². The van der Waals surface area contributed by atoms with E-state index >= 15 is 0 Å². The maximum Gasteiger partial charge on any atom is 0.270 e. The van der Waals surface area contributed by atoms with Gasteiger partial charge in [0.05, 0.1) is 5.56 Å². The molecule has 3 aromatic rings. The van der Waals surface area contributed by atoms with Crippen LogP contribution in [-0.4, -0.2) is 64.6 Å². The Kier molecular flexibility index (Phi) is 8.96. The monoisotopic (exact) mass is 582 g/mol. The minimum absolute atomic E-state index is 0.0727. The number of carbonyl (C=O) groups is 3. The van der Waals surface area contributed by atoms with Gasteiger partial charge < -0.3 is 10.2 Å². The zero-order chi connectivity index (χ0) is 29.8. The Labute approximate surface area is 240 Å². The van der Waals surface area contributed by atoms with Crippen LogP contribution < -0.4 is 5.32 Å². The van der Waals surface area contributed by atoms with Crippen molar-refractivity contribution >= 4 is 17.6 Å². The van der Waals surface area contributed by atoms with Crippen LogP contribution in [0, 0.1) is 29.2 Å². The van der Waals surface area contributed by atoms with Crippen molar-refractivity contribution < 1.29 is 31.9 Å². The van der Waals surface area contributed by atoms with E-state index in [0.29, 0.717) is 69.5 Å². The molecule has 0 radical (unpaired) electrons. The highest BCUT2D eigenvalue weighted by Crippen LogP contribution is 2.24. The number of rotatable bonds is 7. The maximum absolute atomic E-state index is 13.5. The van der Waals surface area contributed by atoms with Crippen LogP contribution in [0.2, 0.25) is 0 Å². The fourth-order valence-electron chi connectivity index (χ4n) is 5.52. The molecule has 0 bridgehead atoms. The molecule has 2 saturated heterocycles. The smallest absolute Gasteiger partial charge is 0.270 e. The molecule has 5 rings (SSSR count). The quantitative estimate of drug-likeness (QED) is 0.321. The number of ketones is 1. The highest BCUT2D eigenvalue weighted by Gasteiger charge is 2.29. The average Bonchev–Trinajstić information content (AvgIpc) is 2.98. The minimum Gasteiger partial charge on any atom is -0.348 e. The van der Waals surface area contributed by atoms with Crippen molar-refractivity contribution in [1.82, 2.24) is 20.1 Å². The van der Waals surface area contributed by atoms with Gasteiger partial charge in [0.25, 0.3) is 11.8 Å². The Morgan fingerprint density at radius 2 is 1.45 bits per heavy atom. The highest BCUT2D eigenvalue weighted by molar-refractivity contribution is 5.99. The minimum atomic E-state index is -1.07. The van der Waals surface area contributed by atoms with E-state index in [-0.39, 0.29) is 40.8 Å². The number of benzene rings is 2. The number of hydrogen-bond acceptors (Lipinski definition) is 5. The summed E-state index contributed by atoms with van der Waals surface area (Å²) in [7, 11) is 0. The number of Topliss-reactive ketones (excluding diaryl/α,β-unsaturated/α-hetero) is 1. The van der Waals surface area contributed by atoms with Gasteiger partial charge in [0.1, 0.15) is 17.3 Å². The third kappa shape index (κ3) is 7.02. The molecule has 0 saturated carbocycles. The van der Waals surface area contributed by atoms with E-state index in [9.17, 15) is 31.9 Å². The maximum atomic E-state index is 13.5. The van der Waals surface area contributed by atoms with Crippen LogP contribution in [0.25, 0.3) is 0 Å². The van der Waals surface area contributed by atoms with Crippen molar-refractivity contribution in [3.05, 3.63) is 100 Å². The molecule has 2 fully saturated rings. The molecule has 1 aromatic heterocycles. The third-order valence-electron chi connectivity index (χ3n) is 7.85. The molecule has 3 heterocycles. The zero-order valence-corrected chi connectivity index (χ0v) is 22.8. The predicted molar refractivity (Wildman–Crippen MR) is 146 cm³/mol. The lowest BCUT2D eigenvalue weighted by atomic mass is 9.88. The van der Waals surface area contributed by atoms with Crippen LogP contribution in [0.15, 0.2) is 54.7 Å². The second-order valence-electron chi connectivity index (χ2n) is 10.8. The molecule has 11 heteroatoms. The van der Waals surface area contributed by atoms with Crippen molar-refractivity contribution in [2.24, 2.45) is 5.92 Å². The molecule has 2 aromatic carbocycles. The molecule has 0 aliphatic carbocycles. The molecule has 0 atom stereocenters. The van der Waals surface area contributed by atoms with Gasteiger partial charge in [0.15, 0.2) is 17.4 Å². The normalized spacial score (nSPS) is 16.8. The Bertz CT molecular complexity index is 1450. The second-order valence-corrected chi connectivity index (χ2v) is 10.8. The summed E-state index contributed by atoms with van der Waals surface area (Å²) >= 11 is 0. The van der Waals surface area contributed by atoms with E-state index in [2.05, 4.69) is 15.2 Å². The molecule has 220 valence electrons. The summed E-state index contributed by atoms with van der Waals surface area (Å²) in [5, 5.41) is 2.97. The summed E-state index contributed by atoms with van der Waals surface area (Å²) in [6.07, 6.45) is 3.50. The summed E-state index contributed by atoms with van der Waals surface area (Å²) < 4.78 is 53.7. The topological polar surface area (TPSA) is 82.6 Å². The van der Waals surface area contributed by atoms with Crippen LogP contribution in [0.3, 0.4) is 0 Å². The van der Waals surface area contributed by atoms with E-state index in [0.717, 1.165) is 18.2 Å². The highest BCUT2D eigenvalue weighted by atomic mass is 19.2. The summed E-state index contributed by atoms with van der Waals surface area (Å²) in [6, 6.07) is 9.55. The summed E-state index contributed by atoms with van der Waals surface area (Å²) in [4.78, 5) is 46.3. The first-order valence-electron chi connectivity index (χ1n) is 13.9. The molecule has 2 aliphatic rings. The van der Waals surface area contributed by atoms with Gasteiger partial charge in [-0.3, -0.25) is 24.3 Å². The summed E-state index contributed by atoms with van der Waals surface area (Å²) in [5.41, 5.74) is 1.18. The number of amides is 2. The summed E-state index contributed by atoms with van der Waals surface area (Å²) in [5.74, 6) is -4.57. The first kappa shape index (κ1) is 29.4. The first-order valence-corrected chi connectivity index (χ1v) is 13.9. The lowest BCUT2D eigenvalue weighted by molar-refractivity contribution is 0.0649. The number of likely N-dealkylation sites (tertiary alicyclic amines) is 2. The first-order chi connectivity index (χ1) is 20.2. The number of nitrogens with zero attached hydrogens (tertiary/aromatic N) is 3. The van der Waals surface area contributed by atoms with Crippen molar-refractivity contribution in [3.63, 3.8) is 0 Å². The van der Waals surface area contributed by atoms with Crippen LogP contribution in [0.4, 0.5) is 17.6 Å².